The van der Waals surface area contributed by atoms with Crippen molar-refractivity contribution in [2.24, 2.45) is 0 Å². The molecule has 0 rings (SSSR count). The molecule has 0 aliphatic carbocycles. The van der Waals surface area contributed by atoms with Crippen LogP contribution in [0.5, 0.6) is 0 Å². The number of hydrogen-bond donors (Lipinski definition) is 12. The van der Waals surface area contributed by atoms with Gasteiger partial charge in [0.1, 0.15) is 48.8 Å². The fourth-order valence-corrected chi connectivity index (χ4v) is 1.34. The second kappa shape index (κ2) is 24.0. The monoisotopic (exact) mass is 484 g/mol. The van der Waals surface area contributed by atoms with Gasteiger partial charge in [-0.1, -0.05) is 0 Å². The maximum absolute atomic E-state index is 8.96. The van der Waals surface area contributed by atoms with Crippen LogP contribution in [-0.4, -0.2) is 137 Å². The van der Waals surface area contributed by atoms with Crippen molar-refractivity contribution in [1.29, 1.82) is 0 Å². The second-order valence-corrected chi connectivity index (χ2v) is 4.96. The van der Waals surface area contributed by atoms with Gasteiger partial charge in [0, 0.05) is 113 Å². The summed E-state index contributed by atoms with van der Waals surface area (Å²) in [5, 5.41) is 104. The Bertz CT molecular complexity index is 251. The van der Waals surface area contributed by atoms with Gasteiger partial charge in [-0.3, -0.25) is 0 Å². The Morgan fingerprint density at radius 1 is 0.333 bits per heavy atom. The third-order valence-electron chi connectivity index (χ3n) is 3.02. The van der Waals surface area contributed by atoms with Gasteiger partial charge in [-0.25, -0.2) is 0 Å². The molecule has 0 amide bonds. The molecular weight excluding hydrogens is 456 g/mol. The minimum absolute atomic E-state index is 0. The van der Waals surface area contributed by atoms with Gasteiger partial charge in [-0.15, -0.1) is 0 Å². The second-order valence-electron chi connectivity index (χ2n) is 4.96. The first kappa shape index (κ1) is 40.6. The summed E-state index contributed by atoms with van der Waals surface area (Å²) in [5.41, 5.74) is 0. The molecule has 0 aliphatic heterocycles. The van der Waals surface area contributed by atoms with E-state index in [0.717, 1.165) is 0 Å². The molecule has 0 radical (unpaired) electrons. The van der Waals surface area contributed by atoms with Crippen LogP contribution in [0.2, 0.25) is 0 Å². The van der Waals surface area contributed by atoms with E-state index in [2.05, 4.69) is 0 Å². The van der Waals surface area contributed by atoms with Crippen LogP contribution >= 0.6 is 0 Å². The summed E-state index contributed by atoms with van der Waals surface area (Å²) in [7, 11) is 0. The Morgan fingerprint density at radius 2 is 0.444 bits per heavy atom. The van der Waals surface area contributed by atoms with Crippen LogP contribution < -0.4 is 0 Å². The first-order chi connectivity index (χ1) is 11.1. The third-order valence-corrected chi connectivity index (χ3v) is 3.02. The summed E-state index contributed by atoms with van der Waals surface area (Å²) in [6, 6.07) is 0. The van der Waals surface area contributed by atoms with Crippen LogP contribution in [0.3, 0.4) is 0 Å². The first-order valence-electron chi connectivity index (χ1n) is 6.96. The maximum Gasteiger partial charge on any atom is 0.111 e. The van der Waals surface area contributed by atoms with Crippen LogP contribution in [0.1, 0.15) is 0 Å². The SMILES string of the molecule is OC[C@@H](O)[C@@H](O)[C@H](O)[C@H](O)CO.OC[C@@H](O)[C@@H](O)[C@H](O)[C@H](O)CO.[Ar].[Ar].[Ar]. The fraction of sp³-hybridized carbons (Fsp3) is 1.00. The van der Waals surface area contributed by atoms with E-state index in [4.69, 9.17) is 61.3 Å². The van der Waals surface area contributed by atoms with Gasteiger partial charge in [-0.2, -0.15) is 0 Å². The summed E-state index contributed by atoms with van der Waals surface area (Å²) < 4.78 is 0. The molecular formula is C12H28Ar3O12. The molecule has 12 nitrogen and oxygen atoms in total. The maximum atomic E-state index is 8.96. The van der Waals surface area contributed by atoms with Crippen molar-refractivity contribution in [3.05, 3.63) is 0 Å². The minimum atomic E-state index is -1.67. The van der Waals surface area contributed by atoms with Gasteiger partial charge in [-0.05, 0) is 0 Å². The van der Waals surface area contributed by atoms with Gasteiger partial charge in [0.05, 0.1) is 26.4 Å². The summed E-state index contributed by atoms with van der Waals surface area (Å²) in [5.74, 6) is 0. The van der Waals surface area contributed by atoms with E-state index in [1.54, 1.807) is 0 Å². The summed E-state index contributed by atoms with van der Waals surface area (Å²) in [4.78, 5) is 0. The van der Waals surface area contributed by atoms with Crippen LogP contribution in [-0.2, 0) is 0 Å². The van der Waals surface area contributed by atoms with Crippen molar-refractivity contribution in [3.8, 4) is 0 Å². The van der Waals surface area contributed by atoms with Crippen LogP contribution in [0, 0.1) is 113 Å². The van der Waals surface area contributed by atoms with Crippen LogP contribution in [0.4, 0.5) is 0 Å². The van der Waals surface area contributed by atoms with Crippen molar-refractivity contribution in [3.63, 3.8) is 0 Å². The van der Waals surface area contributed by atoms with E-state index >= 15 is 0 Å². The predicted octanol–water partition coefficient (Wildman–Crippen LogP) is -7.17. The number of rotatable bonds is 10. The Kier molecular flexibility index (Phi) is 36.0. The number of aliphatic hydroxyl groups is 12. The van der Waals surface area contributed by atoms with E-state index in [1.165, 1.54) is 0 Å². The molecule has 0 bridgehead atoms. The van der Waals surface area contributed by atoms with Crippen LogP contribution in [0.15, 0.2) is 0 Å². The molecule has 0 aromatic carbocycles. The third kappa shape index (κ3) is 17.5. The number of hydrogen-bond acceptors (Lipinski definition) is 12. The van der Waals surface area contributed by atoms with E-state index in [1.807, 2.05) is 0 Å². The fourth-order valence-electron chi connectivity index (χ4n) is 1.34. The van der Waals surface area contributed by atoms with Gasteiger partial charge in [0.2, 0.25) is 0 Å². The first-order valence-corrected chi connectivity index (χ1v) is 6.96. The summed E-state index contributed by atoms with van der Waals surface area (Å²) in [6.45, 7) is -2.90. The molecule has 15 heteroatoms. The quantitative estimate of drug-likeness (QED) is 0.138. The van der Waals surface area contributed by atoms with E-state index < -0.39 is 75.3 Å². The van der Waals surface area contributed by atoms with Crippen molar-refractivity contribution in [1.82, 2.24) is 0 Å². The molecule has 0 fully saturated rings. The predicted molar refractivity (Wildman–Crippen MR) is 76.4 cm³/mol. The van der Waals surface area contributed by atoms with Gasteiger partial charge in [0.15, 0.2) is 0 Å². The molecule has 27 heavy (non-hydrogen) atoms. The van der Waals surface area contributed by atoms with Crippen LogP contribution in [0.25, 0.3) is 0 Å². The smallest absolute Gasteiger partial charge is 0.111 e. The molecule has 0 aromatic rings. The van der Waals surface area contributed by atoms with Gasteiger partial charge < -0.3 is 61.3 Å². The molecule has 8 atom stereocenters. The Labute approximate surface area is 246 Å². The largest absolute Gasteiger partial charge is 0.394 e. The molecule has 0 aromatic heterocycles. The van der Waals surface area contributed by atoms with E-state index in [9.17, 15) is 0 Å². The Morgan fingerprint density at radius 3 is 0.519 bits per heavy atom. The average molecular weight is 484 g/mol. The standard InChI is InChI=1S/2C6H14O6.3Ar/c2*7-1-3(9)5(11)6(12)4(10)2-8;;;/h2*3-12H,1-2H2;;;/t2*3-,4-,5-,6-;;;/m11.../s1. The normalized spacial score (nSPS) is 19.1. The average Bonchev–Trinajstić information content (AvgIpc) is 2.62. The summed E-state index contributed by atoms with van der Waals surface area (Å²) in [6.07, 6.45) is -12.8. The molecule has 0 spiro atoms. The van der Waals surface area contributed by atoms with Crippen molar-refractivity contribution >= 4 is 0 Å². The van der Waals surface area contributed by atoms with Crippen molar-refractivity contribution < 1.29 is 174 Å². The molecule has 0 saturated carbocycles. The zero-order chi connectivity index (χ0) is 19.4. The zero-order valence-electron chi connectivity index (χ0n) is 13.9. The minimum Gasteiger partial charge on any atom is -0.394 e. The van der Waals surface area contributed by atoms with Gasteiger partial charge >= 0.3 is 0 Å². The Hall–Kier alpha value is 3.30. The zero-order valence-corrected chi connectivity index (χ0v) is 16.0. The number of aliphatic hydroxyl groups excluding tert-OH is 12. The molecule has 0 unspecified atom stereocenters. The van der Waals surface area contributed by atoms with E-state index in [-0.39, 0.29) is 113 Å². The molecule has 12 N–H and O–H groups in total. The molecule has 172 valence electrons. The molecule has 0 heterocycles. The van der Waals surface area contributed by atoms with E-state index in [0.29, 0.717) is 0 Å². The van der Waals surface area contributed by atoms with Crippen molar-refractivity contribution in [2.75, 3.05) is 26.4 Å². The molecule has 0 aliphatic rings. The topological polar surface area (TPSA) is 243 Å². The van der Waals surface area contributed by atoms with Crippen molar-refractivity contribution in [2.45, 2.75) is 48.8 Å². The molecule has 0 saturated heterocycles. The summed E-state index contributed by atoms with van der Waals surface area (Å²) >= 11 is 0. The Balaban J connectivity index is -0.000000108. The van der Waals surface area contributed by atoms with Gasteiger partial charge in [0.25, 0.3) is 0 Å².